The Morgan fingerprint density at radius 2 is 1.94 bits per heavy atom. The first kappa shape index (κ1) is 20.5. The van der Waals surface area contributed by atoms with Crippen LogP contribution in [-0.4, -0.2) is 25.4 Å². The lowest BCUT2D eigenvalue weighted by Gasteiger charge is -2.10. The number of nitrogens with one attached hydrogen (secondary N) is 1. The highest BCUT2D eigenvalue weighted by Gasteiger charge is 2.35. The summed E-state index contributed by atoms with van der Waals surface area (Å²) in [6.45, 7) is 0. The summed E-state index contributed by atoms with van der Waals surface area (Å²) in [6.07, 6.45) is -0.488. The molecule has 0 aliphatic heterocycles. The molecule has 1 aromatic carbocycles. The molecule has 0 saturated carbocycles. The van der Waals surface area contributed by atoms with Crippen LogP contribution >= 0.6 is 11.6 Å². The summed E-state index contributed by atoms with van der Waals surface area (Å²) >= 11 is 5.83. The highest BCUT2D eigenvalue weighted by Crippen LogP contribution is 2.36. The van der Waals surface area contributed by atoms with E-state index in [1.807, 2.05) is 24.3 Å². The molecule has 6 nitrogen and oxygen atoms in total. The van der Waals surface area contributed by atoms with Crippen molar-refractivity contribution in [1.82, 2.24) is 14.4 Å². The SMILES string of the molecule is FC(F)(F)c1cc(-c2ccco2)cn2c(Cl)cnc12.O=C(O)c1cc2ccccc2[nH]1. The van der Waals surface area contributed by atoms with Crippen molar-refractivity contribution in [2.75, 3.05) is 0 Å². The van der Waals surface area contributed by atoms with Gasteiger partial charge in [-0.15, -0.1) is 0 Å². The van der Waals surface area contributed by atoms with Crippen LogP contribution in [0.4, 0.5) is 13.2 Å². The van der Waals surface area contributed by atoms with Crippen LogP contribution in [0.15, 0.2) is 71.6 Å². The lowest BCUT2D eigenvalue weighted by molar-refractivity contribution is -0.136. The zero-order chi connectivity index (χ0) is 22.2. The minimum atomic E-state index is -4.52. The number of hydrogen-bond donors (Lipinski definition) is 2. The normalized spacial score (nSPS) is 11.5. The molecular weight excluding hydrogens is 435 g/mol. The van der Waals surface area contributed by atoms with Gasteiger partial charge in [-0.1, -0.05) is 29.8 Å². The first-order valence-electron chi connectivity index (χ1n) is 8.83. The maximum Gasteiger partial charge on any atom is 0.420 e. The summed E-state index contributed by atoms with van der Waals surface area (Å²) < 4.78 is 45.4. The van der Waals surface area contributed by atoms with Crippen LogP contribution in [0.1, 0.15) is 16.1 Å². The second-order valence-corrected chi connectivity index (χ2v) is 6.85. The number of aromatic carboxylic acids is 1. The number of halogens is 4. The molecular formula is C21H13ClF3N3O3. The molecule has 0 radical (unpaired) electrons. The summed E-state index contributed by atoms with van der Waals surface area (Å²) in [5.74, 6) is -0.594. The van der Waals surface area contributed by atoms with E-state index in [1.165, 1.54) is 23.1 Å². The molecule has 0 bridgehead atoms. The number of aromatic nitrogens is 3. The first-order valence-corrected chi connectivity index (χ1v) is 9.20. The van der Waals surface area contributed by atoms with Gasteiger partial charge in [0.2, 0.25) is 0 Å². The van der Waals surface area contributed by atoms with E-state index in [4.69, 9.17) is 21.1 Å². The van der Waals surface area contributed by atoms with E-state index in [1.54, 1.807) is 18.2 Å². The quantitative estimate of drug-likeness (QED) is 0.341. The van der Waals surface area contributed by atoms with Crippen molar-refractivity contribution in [3.63, 3.8) is 0 Å². The fourth-order valence-corrected chi connectivity index (χ4v) is 3.21. The minimum Gasteiger partial charge on any atom is -0.477 e. The van der Waals surface area contributed by atoms with Gasteiger partial charge in [-0.2, -0.15) is 13.2 Å². The number of H-pyrrole nitrogens is 1. The van der Waals surface area contributed by atoms with Crippen molar-refractivity contribution in [2.45, 2.75) is 6.18 Å². The number of benzene rings is 1. The van der Waals surface area contributed by atoms with Crippen LogP contribution in [0.2, 0.25) is 5.15 Å². The minimum absolute atomic E-state index is 0.105. The predicted octanol–water partition coefficient (Wildman–Crippen LogP) is 6.13. The first-order chi connectivity index (χ1) is 14.7. The van der Waals surface area contributed by atoms with Gasteiger partial charge in [0.05, 0.1) is 18.0 Å². The molecule has 0 spiro atoms. The van der Waals surface area contributed by atoms with E-state index in [0.29, 0.717) is 5.76 Å². The van der Waals surface area contributed by atoms with Crippen LogP contribution in [-0.2, 0) is 6.18 Å². The van der Waals surface area contributed by atoms with E-state index in [2.05, 4.69) is 9.97 Å². The van der Waals surface area contributed by atoms with Crippen LogP contribution in [0.25, 0.3) is 27.9 Å². The maximum absolute atomic E-state index is 13.0. The molecule has 0 amide bonds. The second-order valence-electron chi connectivity index (χ2n) is 6.47. The molecule has 0 aliphatic rings. The van der Waals surface area contributed by atoms with Crippen molar-refractivity contribution in [2.24, 2.45) is 0 Å². The van der Waals surface area contributed by atoms with Crippen LogP contribution < -0.4 is 0 Å². The Kier molecular flexibility index (Phi) is 5.20. The van der Waals surface area contributed by atoms with Crippen LogP contribution in [0.5, 0.6) is 0 Å². The molecule has 0 unspecified atom stereocenters. The van der Waals surface area contributed by atoms with Crippen molar-refractivity contribution < 1.29 is 27.5 Å². The molecule has 0 atom stereocenters. The van der Waals surface area contributed by atoms with Gasteiger partial charge >= 0.3 is 12.1 Å². The van der Waals surface area contributed by atoms with Crippen LogP contribution in [0, 0.1) is 0 Å². The number of alkyl halides is 3. The molecule has 0 saturated heterocycles. The number of para-hydroxylation sites is 1. The Hall–Kier alpha value is -3.72. The number of imidazole rings is 1. The number of pyridine rings is 1. The molecule has 5 aromatic rings. The Labute approximate surface area is 177 Å². The van der Waals surface area contributed by atoms with Gasteiger partial charge in [-0.25, -0.2) is 9.78 Å². The molecule has 5 rings (SSSR count). The summed E-state index contributed by atoms with van der Waals surface area (Å²) in [6, 6.07) is 13.3. The van der Waals surface area contributed by atoms with Gasteiger partial charge in [0.1, 0.15) is 22.3 Å². The number of hydrogen-bond acceptors (Lipinski definition) is 3. The van der Waals surface area contributed by atoms with E-state index in [0.717, 1.165) is 17.0 Å². The Morgan fingerprint density at radius 1 is 1.16 bits per heavy atom. The van der Waals surface area contributed by atoms with E-state index >= 15 is 0 Å². The smallest absolute Gasteiger partial charge is 0.420 e. The molecule has 0 aliphatic carbocycles. The van der Waals surface area contributed by atoms with Gasteiger partial charge < -0.3 is 14.5 Å². The van der Waals surface area contributed by atoms with Gasteiger partial charge in [0.25, 0.3) is 0 Å². The second kappa shape index (κ2) is 7.84. The van der Waals surface area contributed by atoms with Gasteiger partial charge in [0, 0.05) is 22.7 Å². The highest BCUT2D eigenvalue weighted by atomic mass is 35.5. The molecule has 158 valence electrons. The van der Waals surface area contributed by atoms with Crippen molar-refractivity contribution in [1.29, 1.82) is 0 Å². The average Bonchev–Trinajstić information content (AvgIpc) is 3.47. The number of carbonyl (C=O) groups is 1. The largest absolute Gasteiger partial charge is 0.477 e. The predicted molar refractivity (Wildman–Crippen MR) is 108 cm³/mol. The zero-order valence-corrected chi connectivity index (χ0v) is 16.3. The highest BCUT2D eigenvalue weighted by molar-refractivity contribution is 6.29. The molecule has 10 heteroatoms. The monoisotopic (exact) mass is 447 g/mol. The number of aromatic amines is 1. The van der Waals surface area contributed by atoms with Gasteiger partial charge in [-0.05, 0) is 30.3 Å². The van der Waals surface area contributed by atoms with Gasteiger partial charge in [0.15, 0.2) is 0 Å². The van der Waals surface area contributed by atoms with Crippen molar-refractivity contribution >= 4 is 34.1 Å². The van der Waals surface area contributed by atoms with E-state index in [9.17, 15) is 18.0 Å². The third-order valence-electron chi connectivity index (χ3n) is 4.43. The Morgan fingerprint density at radius 3 is 2.58 bits per heavy atom. The number of carboxylic acids is 1. The number of carboxylic acid groups (broad SMARTS) is 1. The topological polar surface area (TPSA) is 83.5 Å². The molecule has 4 heterocycles. The summed E-state index contributed by atoms with van der Waals surface area (Å²) in [5, 5.41) is 9.69. The van der Waals surface area contributed by atoms with Crippen molar-refractivity contribution in [3.05, 3.63) is 83.6 Å². The zero-order valence-electron chi connectivity index (χ0n) is 15.5. The summed E-state index contributed by atoms with van der Waals surface area (Å²) in [5.41, 5.74) is 0.289. The van der Waals surface area contributed by atoms with E-state index < -0.39 is 17.7 Å². The lowest BCUT2D eigenvalue weighted by Crippen LogP contribution is -2.08. The lowest BCUT2D eigenvalue weighted by atomic mass is 10.1. The third kappa shape index (κ3) is 4.13. The molecule has 2 N–H and O–H groups in total. The van der Waals surface area contributed by atoms with E-state index in [-0.39, 0.29) is 22.1 Å². The maximum atomic E-state index is 13.0. The summed E-state index contributed by atoms with van der Waals surface area (Å²) in [7, 11) is 0. The third-order valence-corrected chi connectivity index (χ3v) is 4.71. The molecule has 31 heavy (non-hydrogen) atoms. The van der Waals surface area contributed by atoms with Crippen LogP contribution in [0.3, 0.4) is 0 Å². The Bertz CT molecular complexity index is 1340. The molecule has 0 fully saturated rings. The number of nitrogens with zero attached hydrogens (tertiary/aromatic N) is 2. The number of fused-ring (bicyclic) bond motifs is 2. The van der Waals surface area contributed by atoms with Gasteiger partial charge in [-0.3, -0.25) is 4.40 Å². The average molecular weight is 448 g/mol. The Balaban J connectivity index is 0.000000166. The summed E-state index contributed by atoms with van der Waals surface area (Å²) in [4.78, 5) is 17.0. The fraction of sp³-hybridized carbons (Fsp3) is 0.0476. The standard InChI is InChI=1S/C12H6ClF3N2O.C9H7NO2/c13-10-5-17-11-8(12(14,15)16)4-7(6-18(10)11)9-2-1-3-19-9;11-9(12)8-5-6-3-1-2-4-7(6)10-8/h1-6H;1-5,10H,(H,11,12). The number of furan rings is 1. The number of rotatable bonds is 2. The van der Waals surface area contributed by atoms with Crippen molar-refractivity contribution in [3.8, 4) is 11.3 Å². The fourth-order valence-electron chi connectivity index (χ4n) is 3.03. The molecule has 4 aromatic heterocycles.